The predicted octanol–water partition coefficient (Wildman–Crippen LogP) is 2.53. The average Bonchev–Trinajstić information content (AvgIpc) is 2.47. The molecule has 1 fully saturated rings. The van der Waals surface area contributed by atoms with Crippen molar-refractivity contribution >= 4 is 23.3 Å². The third-order valence-electron chi connectivity index (χ3n) is 3.97. The first-order chi connectivity index (χ1) is 9.52. The summed E-state index contributed by atoms with van der Waals surface area (Å²) >= 11 is 6.07. The Hall–Kier alpha value is -1.33. The molecule has 0 bridgehead atoms. The van der Waals surface area contributed by atoms with Crippen LogP contribution in [0.2, 0.25) is 5.02 Å². The summed E-state index contributed by atoms with van der Waals surface area (Å²) in [4.78, 5) is 18.5. The van der Waals surface area contributed by atoms with E-state index in [0.717, 1.165) is 25.9 Å². The SMILES string of the molecule is CC(C)C1CCN(C(=O)c2nc(NN)ccc2Cl)CC1. The number of nitrogens with one attached hydrogen (secondary N) is 1. The summed E-state index contributed by atoms with van der Waals surface area (Å²) in [7, 11) is 0. The largest absolute Gasteiger partial charge is 0.337 e. The first kappa shape index (κ1) is 15.1. The van der Waals surface area contributed by atoms with Crippen molar-refractivity contribution in [3.05, 3.63) is 22.8 Å². The van der Waals surface area contributed by atoms with Gasteiger partial charge in [0.05, 0.1) is 5.02 Å². The quantitative estimate of drug-likeness (QED) is 0.664. The second-order valence-corrected chi connectivity index (χ2v) is 5.95. The van der Waals surface area contributed by atoms with Crippen molar-refractivity contribution in [1.82, 2.24) is 9.88 Å². The molecular formula is C14H21ClN4O. The molecule has 0 saturated carbocycles. The highest BCUT2D eigenvalue weighted by Gasteiger charge is 2.27. The first-order valence-corrected chi connectivity index (χ1v) is 7.33. The van der Waals surface area contributed by atoms with Crippen LogP contribution in [0.4, 0.5) is 5.82 Å². The molecule has 20 heavy (non-hydrogen) atoms. The maximum absolute atomic E-state index is 12.5. The molecule has 1 aliphatic heterocycles. The van der Waals surface area contributed by atoms with Gasteiger partial charge in [0.1, 0.15) is 11.5 Å². The molecule has 3 N–H and O–H groups in total. The van der Waals surface area contributed by atoms with Gasteiger partial charge in [-0.1, -0.05) is 25.4 Å². The normalized spacial score (nSPS) is 16.6. The molecule has 2 heterocycles. The number of piperidine rings is 1. The minimum atomic E-state index is -0.116. The van der Waals surface area contributed by atoms with E-state index in [0.29, 0.717) is 22.7 Å². The van der Waals surface area contributed by atoms with Crippen LogP contribution in [0.15, 0.2) is 12.1 Å². The van der Waals surface area contributed by atoms with E-state index in [2.05, 4.69) is 24.3 Å². The average molecular weight is 297 g/mol. The van der Waals surface area contributed by atoms with Crippen molar-refractivity contribution in [3.63, 3.8) is 0 Å². The number of halogens is 1. The van der Waals surface area contributed by atoms with Crippen molar-refractivity contribution in [2.75, 3.05) is 18.5 Å². The number of hydrogen-bond acceptors (Lipinski definition) is 4. The van der Waals surface area contributed by atoms with Gasteiger partial charge in [-0.25, -0.2) is 10.8 Å². The Kier molecular flexibility index (Phi) is 4.83. The highest BCUT2D eigenvalue weighted by atomic mass is 35.5. The zero-order valence-electron chi connectivity index (χ0n) is 11.9. The monoisotopic (exact) mass is 296 g/mol. The number of amides is 1. The summed E-state index contributed by atoms with van der Waals surface area (Å²) in [5, 5.41) is 0.361. The zero-order chi connectivity index (χ0) is 14.7. The Bertz CT molecular complexity index is 484. The van der Waals surface area contributed by atoms with Crippen molar-refractivity contribution < 1.29 is 4.79 Å². The van der Waals surface area contributed by atoms with E-state index in [4.69, 9.17) is 17.4 Å². The van der Waals surface area contributed by atoms with Crippen molar-refractivity contribution in [2.24, 2.45) is 17.7 Å². The van der Waals surface area contributed by atoms with Crippen LogP contribution in [0.1, 0.15) is 37.2 Å². The van der Waals surface area contributed by atoms with Crippen molar-refractivity contribution in [1.29, 1.82) is 0 Å². The maximum Gasteiger partial charge on any atom is 0.274 e. The highest BCUT2D eigenvalue weighted by Crippen LogP contribution is 2.26. The lowest BCUT2D eigenvalue weighted by molar-refractivity contribution is 0.0662. The molecule has 1 aromatic rings. The van der Waals surface area contributed by atoms with Gasteiger partial charge in [-0.05, 0) is 36.8 Å². The van der Waals surface area contributed by atoms with Gasteiger partial charge < -0.3 is 10.3 Å². The lowest BCUT2D eigenvalue weighted by atomic mass is 9.86. The van der Waals surface area contributed by atoms with Gasteiger partial charge >= 0.3 is 0 Å². The fourth-order valence-electron chi connectivity index (χ4n) is 2.59. The fraction of sp³-hybridized carbons (Fsp3) is 0.571. The molecule has 1 aliphatic rings. The first-order valence-electron chi connectivity index (χ1n) is 6.95. The summed E-state index contributed by atoms with van der Waals surface area (Å²) in [5.41, 5.74) is 2.70. The molecule has 5 nitrogen and oxygen atoms in total. The van der Waals surface area contributed by atoms with E-state index in [-0.39, 0.29) is 11.6 Å². The topological polar surface area (TPSA) is 71.2 Å². The molecule has 0 aliphatic carbocycles. The van der Waals surface area contributed by atoms with Crippen LogP contribution >= 0.6 is 11.6 Å². The molecular weight excluding hydrogens is 276 g/mol. The number of nitrogens with two attached hydrogens (primary N) is 1. The number of aromatic nitrogens is 1. The van der Waals surface area contributed by atoms with Crippen LogP contribution in [-0.4, -0.2) is 28.9 Å². The Morgan fingerprint density at radius 3 is 2.65 bits per heavy atom. The molecule has 1 aromatic heterocycles. The number of carbonyl (C=O) groups is 1. The van der Waals surface area contributed by atoms with Crippen LogP contribution in [0.3, 0.4) is 0 Å². The molecule has 6 heteroatoms. The van der Waals surface area contributed by atoms with Crippen LogP contribution < -0.4 is 11.3 Å². The molecule has 110 valence electrons. The van der Waals surface area contributed by atoms with Gasteiger partial charge in [-0.2, -0.15) is 0 Å². The Morgan fingerprint density at radius 1 is 1.45 bits per heavy atom. The number of hydrazine groups is 1. The number of pyridine rings is 1. The van der Waals surface area contributed by atoms with E-state index in [1.807, 2.05) is 4.90 Å². The summed E-state index contributed by atoms with van der Waals surface area (Å²) < 4.78 is 0. The molecule has 1 amide bonds. The van der Waals surface area contributed by atoms with Gasteiger partial charge in [-0.15, -0.1) is 0 Å². The predicted molar refractivity (Wildman–Crippen MR) is 80.5 cm³/mol. The van der Waals surface area contributed by atoms with Gasteiger partial charge in [0.15, 0.2) is 0 Å². The number of carbonyl (C=O) groups excluding carboxylic acids is 1. The number of nitrogen functional groups attached to an aromatic ring is 1. The molecule has 2 rings (SSSR count). The van der Waals surface area contributed by atoms with Gasteiger partial charge in [0, 0.05) is 13.1 Å². The number of hydrogen-bond donors (Lipinski definition) is 2. The second kappa shape index (κ2) is 6.41. The number of nitrogens with zero attached hydrogens (tertiary/aromatic N) is 2. The Balaban J connectivity index is 2.09. The van der Waals surface area contributed by atoms with E-state index in [9.17, 15) is 4.79 Å². The third kappa shape index (κ3) is 3.22. The van der Waals surface area contributed by atoms with Gasteiger partial charge in [-0.3, -0.25) is 4.79 Å². The summed E-state index contributed by atoms with van der Waals surface area (Å²) in [5.74, 6) is 7.00. The minimum absolute atomic E-state index is 0.116. The van der Waals surface area contributed by atoms with E-state index in [1.54, 1.807) is 12.1 Å². The zero-order valence-corrected chi connectivity index (χ0v) is 12.7. The van der Waals surface area contributed by atoms with Crippen molar-refractivity contribution in [3.8, 4) is 0 Å². The highest BCUT2D eigenvalue weighted by molar-refractivity contribution is 6.33. The Labute approximate surface area is 124 Å². The smallest absolute Gasteiger partial charge is 0.274 e. The number of likely N-dealkylation sites (tertiary alicyclic amines) is 1. The lowest BCUT2D eigenvalue weighted by Gasteiger charge is -2.33. The van der Waals surface area contributed by atoms with Crippen LogP contribution in [-0.2, 0) is 0 Å². The van der Waals surface area contributed by atoms with Crippen molar-refractivity contribution in [2.45, 2.75) is 26.7 Å². The van der Waals surface area contributed by atoms with E-state index in [1.165, 1.54) is 0 Å². The molecule has 0 unspecified atom stereocenters. The van der Waals surface area contributed by atoms with Crippen LogP contribution in [0.25, 0.3) is 0 Å². The van der Waals surface area contributed by atoms with E-state index < -0.39 is 0 Å². The Morgan fingerprint density at radius 2 is 2.10 bits per heavy atom. The molecule has 0 radical (unpaired) electrons. The van der Waals surface area contributed by atoms with E-state index >= 15 is 0 Å². The summed E-state index contributed by atoms with van der Waals surface area (Å²) in [6, 6.07) is 3.28. The van der Waals surface area contributed by atoms with Crippen LogP contribution in [0.5, 0.6) is 0 Å². The number of anilines is 1. The third-order valence-corrected chi connectivity index (χ3v) is 4.27. The fourth-order valence-corrected chi connectivity index (χ4v) is 2.78. The minimum Gasteiger partial charge on any atom is -0.337 e. The lowest BCUT2D eigenvalue weighted by Crippen LogP contribution is -2.40. The maximum atomic E-state index is 12.5. The molecule has 1 saturated heterocycles. The molecule has 0 aromatic carbocycles. The second-order valence-electron chi connectivity index (χ2n) is 5.54. The summed E-state index contributed by atoms with van der Waals surface area (Å²) in [6.45, 7) is 5.99. The van der Waals surface area contributed by atoms with Gasteiger partial charge in [0.2, 0.25) is 0 Å². The molecule has 0 atom stereocenters. The van der Waals surface area contributed by atoms with Crippen LogP contribution in [0, 0.1) is 11.8 Å². The molecule has 0 spiro atoms. The summed E-state index contributed by atoms with van der Waals surface area (Å²) in [6.07, 6.45) is 2.08. The standard InChI is InChI=1S/C14H21ClN4O/c1-9(2)10-5-7-19(8-6-10)14(20)13-11(15)3-4-12(17-13)18-16/h3-4,9-10H,5-8,16H2,1-2H3,(H,17,18). The van der Waals surface area contributed by atoms with Gasteiger partial charge in [0.25, 0.3) is 5.91 Å². The number of rotatable bonds is 3.